The van der Waals surface area contributed by atoms with Crippen LogP contribution < -0.4 is 67.4 Å². The summed E-state index contributed by atoms with van der Waals surface area (Å²) >= 11 is 0. The highest BCUT2D eigenvalue weighted by Gasteiger charge is 2.34. The zero-order valence-electron chi connectivity index (χ0n) is 51.5. The molecule has 3 aromatic rings. The first kappa shape index (κ1) is 73.9. The maximum absolute atomic E-state index is 13.2. The molecule has 486 valence electrons. The van der Waals surface area contributed by atoms with E-state index >= 15 is 0 Å². The van der Waals surface area contributed by atoms with Gasteiger partial charge in [-0.2, -0.15) is 0 Å². The number of hydrogen-bond donors (Lipinski definition) is 10. The highest BCUT2D eigenvalue weighted by atomic mass is 16.5. The summed E-state index contributed by atoms with van der Waals surface area (Å²) < 4.78 is 35.0. The largest absolute Gasteiger partial charge is 0.494 e. The third-order valence-electron chi connectivity index (χ3n) is 12.4. The van der Waals surface area contributed by atoms with Crippen LogP contribution in [0.1, 0.15) is 118 Å². The van der Waals surface area contributed by atoms with E-state index in [1.165, 1.54) is 20.8 Å². The SMILES string of the molecule is CCCC(=O)NC(COCCC(=O)NCCCNC(=O)CCCOc1ccc(NC(C)=O)cc1)(COCCC(=O)NCCCNC(=O)CCCOc1ccc(NC(C)=O)cc1)COCCC(=O)NCCCNC(=O)CCCOc1ccc(NC(C)=O)cc1. The van der Waals surface area contributed by atoms with Crippen LogP contribution in [0.3, 0.4) is 0 Å². The Labute approximate surface area is 515 Å². The molecule has 26 heteroatoms. The Morgan fingerprint density at radius 3 is 0.841 bits per heavy atom. The Morgan fingerprint density at radius 1 is 0.330 bits per heavy atom. The Morgan fingerprint density at radius 2 is 0.591 bits per heavy atom. The summed E-state index contributed by atoms with van der Waals surface area (Å²) in [6.45, 7) is 8.59. The number of carbonyl (C=O) groups excluding carboxylic acids is 10. The molecular formula is C62H92N10O16. The second-order valence-corrected chi connectivity index (χ2v) is 20.6. The van der Waals surface area contributed by atoms with Gasteiger partial charge in [0.05, 0.1) is 59.5 Å². The van der Waals surface area contributed by atoms with Gasteiger partial charge in [0.15, 0.2) is 0 Å². The van der Waals surface area contributed by atoms with Gasteiger partial charge in [0.25, 0.3) is 0 Å². The topological polar surface area (TPSA) is 346 Å². The number of benzene rings is 3. The minimum Gasteiger partial charge on any atom is -0.494 e. The van der Waals surface area contributed by atoms with Crippen LogP contribution in [0.15, 0.2) is 72.8 Å². The lowest BCUT2D eigenvalue weighted by Gasteiger charge is -2.34. The van der Waals surface area contributed by atoms with Crippen LogP contribution in [-0.4, -0.2) is 163 Å². The monoisotopic (exact) mass is 1230 g/mol. The van der Waals surface area contributed by atoms with E-state index in [2.05, 4.69) is 53.2 Å². The van der Waals surface area contributed by atoms with E-state index < -0.39 is 5.54 Å². The molecule has 0 spiro atoms. The molecule has 3 aromatic carbocycles. The lowest BCUT2D eigenvalue weighted by atomic mass is 10.0. The standard InChI is InChI=1S/C62H92N10O16/c1-5-12-61(82)72-62(43-83-40-28-58(79)66-34-9-31-63-55(76)13-6-37-86-52-22-16-49(17-23-52)69-46(2)73,44-84-41-29-59(80)67-35-10-32-64-56(77)14-7-38-87-53-24-18-50(19-25-53)70-47(3)74)45-85-42-30-60(81)68-36-11-33-65-57(78)15-8-39-88-54-26-20-51(21-27-54)71-48(4)75/h16-27H,5-15,28-45H2,1-4H3,(H,63,76)(H,64,77)(H,65,78)(H,66,79)(H,67,80)(H,68,81)(H,69,73)(H,70,74)(H,71,75)(H,72,82). The van der Waals surface area contributed by atoms with E-state index in [0.717, 1.165) is 0 Å². The van der Waals surface area contributed by atoms with Gasteiger partial charge in [0, 0.05) is 122 Å². The summed E-state index contributed by atoms with van der Waals surface area (Å²) in [4.78, 5) is 122. The zero-order chi connectivity index (χ0) is 64.0. The van der Waals surface area contributed by atoms with Crippen LogP contribution in [0.4, 0.5) is 17.1 Å². The summed E-state index contributed by atoms with van der Waals surface area (Å²) in [5.74, 6) is -0.280. The Bertz CT molecular complexity index is 2330. The lowest BCUT2D eigenvalue weighted by molar-refractivity contribution is -0.130. The first-order valence-corrected chi connectivity index (χ1v) is 30.1. The first-order valence-electron chi connectivity index (χ1n) is 30.1. The van der Waals surface area contributed by atoms with E-state index in [-0.39, 0.29) is 144 Å². The molecule has 0 saturated carbocycles. The van der Waals surface area contributed by atoms with E-state index in [1.54, 1.807) is 72.8 Å². The van der Waals surface area contributed by atoms with Crippen LogP contribution in [0, 0.1) is 0 Å². The number of carbonyl (C=O) groups is 10. The van der Waals surface area contributed by atoms with E-state index in [1.807, 2.05) is 6.92 Å². The Kier molecular flexibility index (Phi) is 37.8. The predicted octanol–water partition coefficient (Wildman–Crippen LogP) is 4.18. The van der Waals surface area contributed by atoms with Gasteiger partial charge < -0.3 is 81.6 Å². The zero-order valence-corrected chi connectivity index (χ0v) is 51.5. The molecule has 0 aliphatic rings. The number of ether oxygens (including phenoxy) is 6. The first-order chi connectivity index (χ1) is 42.4. The molecule has 26 nitrogen and oxygen atoms in total. The maximum atomic E-state index is 13.2. The summed E-state index contributed by atoms with van der Waals surface area (Å²) in [5.41, 5.74) is 0.687. The molecule has 0 atom stereocenters. The molecule has 0 aromatic heterocycles. The van der Waals surface area contributed by atoms with Gasteiger partial charge in [-0.15, -0.1) is 0 Å². The second kappa shape index (κ2) is 45.0. The summed E-state index contributed by atoms with van der Waals surface area (Å²) in [6.07, 6.45) is 4.39. The molecule has 0 fully saturated rings. The number of nitrogens with one attached hydrogen (secondary N) is 10. The smallest absolute Gasteiger partial charge is 0.222 e. The Hall–Kier alpha value is -8.36. The predicted molar refractivity (Wildman–Crippen MR) is 330 cm³/mol. The number of anilines is 3. The van der Waals surface area contributed by atoms with Crippen LogP contribution >= 0.6 is 0 Å². The highest BCUT2D eigenvalue weighted by molar-refractivity contribution is 5.90. The Balaban J connectivity index is 1.40. The number of amides is 10. The fraction of sp³-hybridized carbons (Fsp3) is 0.548. The minimum absolute atomic E-state index is 0.0149. The number of hydrogen-bond acceptors (Lipinski definition) is 16. The van der Waals surface area contributed by atoms with Gasteiger partial charge in [-0.1, -0.05) is 6.92 Å². The molecule has 10 amide bonds. The van der Waals surface area contributed by atoms with Crippen LogP contribution in [0.5, 0.6) is 17.2 Å². The molecule has 0 aliphatic heterocycles. The summed E-state index contributed by atoms with van der Waals surface area (Å²) in [7, 11) is 0. The third kappa shape index (κ3) is 37.3. The molecular weight excluding hydrogens is 1140 g/mol. The second-order valence-electron chi connectivity index (χ2n) is 20.6. The van der Waals surface area contributed by atoms with Crippen molar-refractivity contribution >= 4 is 76.1 Å². The van der Waals surface area contributed by atoms with Gasteiger partial charge in [-0.25, -0.2) is 0 Å². The van der Waals surface area contributed by atoms with E-state index in [4.69, 9.17) is 28.4 Å². The molecule has 0 saturated heterocycles. The number of rotatable bonds is 48. The molecule has 88 heavy (non-hydrogen) atoms. The van der Waals surface area contributed by atoms with Crippen molar-refractivity contribution in [1.29, 1.82) is 0 Å². The average Bonchev–Trinajstić information content (AvgIpc) is 3.11. The summed E-state index contributed by atoms with van der Waals surface area (Å²) in [5, 5.41) is 28.0. The highest BCUT2D eigenvalue weighted by Crippen LogP contribution is 2.19. The van der Waals surface area contributed by atoms with Gasteiger partial charge in [-0.05, 0) is 118 Å². The molecule has 0 aliphatic carbocycles. The average molecular weight is 1230 g/mol. The van der Waals surface area contributed by atoms with E-state index in [9.17, 15) is 47.9 Å². The van der Waals surface area contributed by atoms with Gasteiger partial charge in [-0.3, -0.25) is 47.9 Å². The summed E-state index contributed by atoms with van der Waals surface area (Å²) in [6, 6.07) is 20.8. The molecule has 0 bridgehead atoms. The third-order valence-corrected chi connectivity index (χ3v) is 12.4. The van der Waals surface area contributed by atoms with Crippen molar-refractivity contribution in [3.8, 4) is 17.2 Å². The molecule has 0 unspecified atom stereocenters. The van der Waals surface area contributed by atoms with Crippen LogP contribution in [0.2, 0.25) is 0 Å². The normalized spacial score (nSPS) is 10.8. The fourth-order valence-corrected chi connectivity index (χ4v) is 8.06. The maximum Gasteiger partial charge on any atom is 0.222 e. The lowest BCUT2D eigenvalue weighted by Crippen LogP contribution is -2.58. The molecule has 0 radical (unpaired) electrons. The van der Waals surface area contributed by atoms with Crippen LogP contribution in [0.25, 0.3) is 0 Å². The van der Waals surface area contributed by atoms with Gasteiger partial charge in [0.1, 0.15) is 22.8 Å². The van der Waals surface area contributed by atoms with Crippen molar-refractivity contribution in [3.63, 3.8) is 0 Å². The van der Waals surface area contributed by atoms with Crippen molar-refractivity contribution < 1.29 is 76.4 Å². The molecule has 3 rings (SSSR count). The van der Waals surface area contributed by atoms with Crippen molar-refractivity contribution in [2.75, 3.05) is 115 Å². The molecule has 0 heterocycles. The molecule has 10 N–H and O–H groups in total. The minimum atomic E-state index is -1.28. The van der Waals surface area contributed by atoms with Crippen LogP contribution in [-0.2, 0) is 62.2 Å². The van der Waals surface area contributed by atoms with E-state index in [0.29, 0.717) is 138 Å². The van der Waals surface area contributed by atoms with Crippen molar-refractivity contribution in [2.24, 2.45) is 0 Å². The van der Waals surface area contributed by atoms with Crippen molar-refractivity contribution in [3.05, 3.63) is 72.8 Å². The van der Waals surface area contributed by atoms with Crippen molar-refractivity contribution in [1.82, 2.24) is 37.2 Å². The fourth-order valence-electron chi connectivity index (χ4n) is 8.06. The van der Waals surface area contributed by atoms with Gasteiger partial charge in [0.2, 0.25) is 59.1 Å². The van der Waals surface area contributed by atoms with Crippen molar-refractivity contribution in [2.45, 2.75) is 123 Å². The van der Waals surface area contributed by atoms with Gasteiger partial charge >= 0.3 is 0 Å². The quantitative estimate of drug-likeness (QED) is 0.0355.